The number of nitrogens with zero attached hydrogens (tertiary/aromatic N) is 2. The first-order chi connectivity index (χ1) is 10.3. The molecule has 5 nitrogen and oxygen atoms in total. The molecule has 1 aromatic heterocycles. The molecule has 0 radical (unpaired) electrons. The molecule has 6 heteroatoms. The lowest BCUT2D eigenvalue weighted by Crippen LogP contribution is -2.04. The lowest BCUT2D eigenvalue weighted by Gasteiger charge is -2.13. The van der Waals surface area contributed by atoms with Crippen molar-refractivity contribution in [2.75, 3.05) is 26.6 Å². The summed E-state index contributed by atoms with van der Waals surface area (Å²) in [5, 5.41) is 3.17. The minimum absolute atomic E-state index is 0.660. The van der Waals surface area contributed by atoms with E-state index in [4.69, 9.17) is 14.5 Å². The van der Waals surface area contributed by atoms with Crippen LogP contribution in [0, 0.1) is 0 Å². The molecule has 0 saturated carbocycles. The molecule has 21 heavy (non-hydrogen) atoms. The molecule has 0 spiro atoms. The van der Waals surface area contributed by atoms with Crippen LogP contribution in [-0.2, 0) is 11.5 Å². The maximum absolute atomic E-state index is 5.48. The van der Waals surface area contributed by atoms with E-state index >= 15 is 0 Å². The first kappa shape index (κ1) is 14.0. The standard InChI is InChI=1S/C15H17N3O2S/c1-16-14-10-7-21-8-11(10)17-15(18-14)9-5-4-6-12(19-2)13(9)20-3/h4-6H,7-8H2,1-3H3,(H,16,17,18). The highest BCUT2D eigenvalue weighted by atomic mass is 32.2. The van der Waals surface area contributed by atoms with Crippen LogP contribution in [0.2, 0.25) is 0 Å². The molecule has 0 fully saturated rings. The Morgan fingerprint density at radius 2 is 2.00 bits per heavy atom. The van der Waals surface area contributed by atoms with Crippen LogP contribution in [0.25, 0.3) is 11.4 Å². The first-order valence-corrected chi connectivity index (χ1v) is 7.80. The molecule has 0 bridgehead atoms. The highest BCUT2D eigenvalue weighted by Crippen LogP contribution is 2.39. The van der Waals surface area contributed by atoms with Crippen molar-refractivity contribution >= 4 is 17.6 Å². The molecule has 2 aromatic rings. The molecule has 0 atom stereocenters. The van der Waals surface area contributed by atoms with E-state index in [0.717, 1.165) is 28.6 Å². The summed E-state index contributed by atoms with van der Waals surface area (Å²) in [5.74, 6) is 4.78. The van der Waals surface area contributed by atoms with Gasteiger partial charge in [0.05, 0.1) is 25.5 Å². The van der Waals surface area contributed by atoms with Crippen LogP contribution in [-0.4, -0.2) is 31.2 Å². The smallest absolute Gasteiger partial charge is 0.171 e. The van der Waals surface area contributed by atoms with Gasteiger partial charge in [-0.2, -0.15) is 11.8 Å². The van der Waals surface area contributed by atoms with Crippen molar-refractivity contribution in [1.82, 2.24) is 9.97 Å². The molecule has 0 unspecified atom stereocenters. The second-order valence-electron chi connectivity index (χ2n) is 4.60. The topological polar surface area (TPSA) is 56.3 Å². The SMILES string of the molecule is CNc1nc(-c2cccc(OC)c2OC)nc2c1CSC2. The number of thioether (sulfide) groups is 1. The van der Waals surface area contributed by atoms with E-state index in [9.17, 15) is 0 Å². The molecular weight excluding hydrogens is 286 g/mol. The Bertz CT molecular complexity index is 676. The maximum atomic E-state index is 5.48. The Morgan fingerprint density at radius 1 is 1.14 bits per heavy atom. The van der Waals surface area contributed by atoms with Crippen molar-refractivity contribution in [3.8, 4) is 22.9 Å². The summed E-state index contributed by atoms with van der Waals surface area (Å²) >= 11 is 1.86. The number of fused-ring (bicyclic) bond motifs is 1. The minimum atomic E-state index is 0.660. The molecule has 0 saturated heterocycles. The number of anilines is 1. The zero-order valence-electron chi connectivity index (χ0n) is 12.3. The lowest BCUT2D eigenvalue weighted by atomic mass is 10.1. The number of ether oxygens (including phenoxy) is 2. The maximum Gasteiger partial charge on any atom is 0.171 e. The normalized spacial score (nSPS) is 12.9. The quantitative estimate of drug-likeness (QED) is 0.937. The second kappa shape index (κ2) is 5.81. The minimum Gasteiger partial charge on any atom is -0.493 e. The Labute approximate surface area is 128 Å². The van der Waals surface area contributed by atoms with Gasteiger partial charge in [0.1, 0.15) is 5.82 Å². The van der Waals surface area contributed by atoms with Gasteiger partial charge in [0.2, 0.25) is 0 Å². The number of para-hydroxylation sites is 1. The van der Waals surface area contributed by atoms with Gasteiger partial charge in [-0.1, -0.05) is 6.07 Å². The predicted octanol–water partition coefficient (Wildman–Crippen LogP) is 2.95. The molecular formula is C15H17N3O2S. The Morgan fingerprint density at radius 3 is 2.71 bits per heavy atom. The van der Waals surface area contributed by atoms with Crippen LogP contribution in [0.3, 0.4) is 0 Å². The Balaban J connectivity index is 2.17. The third-order valence-electron chi connectivity index (χ3n) is 3.46. The Kier molecular flexibility index (Phi) is 3.88. The zero-order chi connectivity index (χ0) is 14.8. The molecule has 1 aliphatic rings. The number of benzene rings is 1. The van der Waals surface area contributed by atoms with Gasteiger partial charge in [0, 0.05) is 24.1 Å². The fourth-order valence-electron chi connectivity index (χ4n) is 2.44. The van der Waals surface area contributed by atoms with E-state index in [1.54, 1.807) is 14.2 Å². The van der Waals surface area contributed by atoms with Crippen LogP contribution < -0.4 is 14.8 Å². The van der Waals surface area contributed by atoms with E-state index in [1.165, 1.54) is 5.56 Å². The predicted molar refractivity (Wildman–Crippen MR) is 85.1 cm³/mol. The molecule has 1 aromatic carbocycles. The molecule has 110 valence electrons. The van der Waals surface area contributed by atoms with Crippen molar-refractivity contribution in [3.63, 3.8) is 0 Å². The molecule has 0 aliphatic carbocycles. The van der Waals surface area contributed by atoms with Crippen LogP contribution in [0.5, 0.6) is 11.5 Å². The molecule has 1 N–H and O–H groups in total. The fraction of sp³-hybridized carbons (Fsp3) is 0.333. The van der Waals surface area contributed by atoms with Gasteiger partial charge in [-0.3, -0.25) is 0 Å². The van der Waals surface area contributed by atoms with Crippen molar-refractivity contribution < 1.29 is 9.47 Å². The van der Waals surface area contributed by atoms with Crippen molar-refractivity contribution in [3.05, 3.63) is 29.5 Å². The third-order valence-corrected chi connectivity index (χ3v) is 4.43. The molecule has 3 rings (SSSR count). The van der Waals surface area contributed by atoms with Crippen molar-refractivity contribution in [1.29, 1.82) is 0 Å². The summed E-state index contributed by atoms with van der Waals surface area (Å²) in [5.41, 5.74) is 3.14. The van der Waals surface area contributed by atoms with Gasteiger partial charge in [-0.05, 0) is 12.1 Å². The average molecular weight is 303 g/mol. The number of methoxy groups -OCH3 is 2. The summed E-state index contributed by atoms with van der Waals surface area (Å²) in [7, 11) is 5.14. The van der Waals surface area contributed by atoms with Gasteiger partial charge in [-0.15, -0.1) is 0 Å². The van der Waals surface area contributed by atoms with Crippen LogP contribution in [0.1, 0.15) is 11.3 Å². The number of hydrogen-bond donors (Lipinski definition) is 1. The van der Waals surface area contributed by atoms with E-state index in [1.807, 2.05) is 37.0 Å². The van der Waals surface area contributed by atoms with Crippen LogP contribution >= 0.6 is 11.8 Å². The zero-order valence-corrected chi connectivity index (χ0v) is 13.1. The summed E-state index contributed by atoms with van der Waals surface area (Å²) < 4.78 is 10.8. The summed E-state index contributed by atoms with van der Waals surface area (Å²) in [6.07, 6.45) is 0. The Hall–Kier alpha value is -1.95. The van der Waals surface area contributed by atoms with Gasteiger partial charge < -0.3 is 14.8 Å². The number of rotatable bonds is 4. The lowest BCUT2D eigenvalue weighted by molar-refractivity contribution is 0.356. The number of aromatic nitrogens is 2. The number of hydrogen-bond acceptors (Lipinski definition) is 6. The number of nitrogens with one attached hydrogen (secondary N) is 1. The first-order valence-electron chi connectivity index (χ1n) is 6.65. The van der Waals surface area contributed by atoms with E-state index in [2.05, 4.69) is 10.3 Å². The average Bonchev–Trinajstić information content (AvgIpc) is 3.01. The summed E-state index contributed by atoms with van der Waals surface area (Å²) in [6, 6.07) is 5.73. The van der Waals surface area contributed by atoms with Crippen molar-refractivity contribution in [2.45, 2.75) is 11.5 Å². The van der Waals surface area contributed by atoms with E-state index in [-0.39, 0.29) is 0 Å². The molecule has 0 amide bonds. The van der Waals surface area contributed by atoms with Crippen LogP contribution in [0.4, 0.5) is 5.82 Å². The highest BCUT2D eigenvalue weighted by Gasteiger charge is 2.21. The monoisotopic (exact) mass is 303 g/mol. The molecule has 1 aliphatic heterocycles. The van der Waals surface area contributed by atoms with Crippen LogP contribution in [0.15, 0.2) is 18.2 Å². The van der Waals surface area contributed by atoms with E-state index in [0.29, 0.717) is 17.3 Å². The molecule has 2 heterocycles. The third kappa shape index (κ3) is 2.40. The highest BCUT2D eigenvalue weighted by molar-refractivity contribution is 7.98. The van der Waals surface area contributed by atoms with Gasteiger partial charge in [-0.25, -0.2) is 9.97 Å². The second-order valence-corrected chi connectivity index (χ2v) is 5.59. The summed E-state index contributed by atoms with van der Waals surface area (Å²) in [6.45, 7) is 0. The van der Waals surface area contributed by atoms with Crippen molar-refractivity contribution in [2.24, 2.45) is 0 Å². The van der Waals surface area contributed by atoms with Gasteiger partial charge in [0.25, 0.3) is 0 Å². The van der Waals surface area contributed by atoms with E-state index < -0.39 is 0 Å². The largest absolute Gasteiger partial charge is 0.493 e. The van der Waals surface area contributed by atoms with Gasteiger partial charge >= 0.3 is 0 Å². The van der Waals surface area contributed by atoms with Gasteiger partial charge in [0.15, 0.2) is 17.3 Å². The fourth-order valence-corrected chi connectivity index (χ4v) is 3.48. The summed E-state index contributed by atoms with van der Waals surface area (Å²) in [4.78, 5) is 9.35.